The molecule has 0 aliphatic rings. The summed E-state index contributed by atoms with van der Waals surface area (Å²) in [5.74, 6) is -0.0562. The van der Waals surface area contributed by atoms with Crippen molar-refractivity contribution >= 4 is 0 Å². The van der Waals surface area contributed by atoms with E-state index in [0.717, 1.165) is 37.7 Å². The van der Waals surface area contributed by atoms with Crippen LogP contribution < -0.4 is 0 Å². The molecule has 0 saturated heterocycles. The van der Waals surface area contributed by atoms with Crippen LogP contribution in [0.5, 0.6) is 0 Å². The number of aliphatic hydroxyl groups excluding tert-OH is 2. The van der Waals surface area contributed by atoms with Gasteiger partial charge >= 0.3 is 0 Å². The molecular formula is C17H28O2. The number of aryl methyl sites for hydroxylation is 1. The summed E-state index contributed by atoms with van der Waals surface area (Å²) in [5, 5.41) is 20.8. The molecule has 0 heterocycles. The Morgan fingerprint density at radius 1 is 0.947 bits per heavy atom. The van der Waals surface area contributed by atoms with E-state index in [2.05, 4.69) is 13.8 Å². The van der Waals surface area contributed by atoms with E-state index < -0.39 is 12.2 Å². The van der Waals surface area contributed by atoms with Gasteiger partial charge in [-0.3, -0.25) is 0 Å². The van der Waals surface area contributed by atoms with Gasteiger partial charge in [0.25, 0.3) is 0 Å². The summed E-state index contributed by atoms with van der Waals surface area (Å²) in [6, 6.07) is 7.96. The zero-order valence-corrected chi connectivity index (χ0v) is 12.5. The highest BCUT2D eigenvalue weighted by molar-refractivity contribution is 5.23. The maximum atomic E-state index is 10.5. The Bertz CT molecular complexity index is 345. The van der Waals surface area contributed by atoms with Crippen molar-refractivity contribution < 1.29 is 10.2 Å². The van der Waals surface area contributed by atoms with Crippen molar-refractivity contribution in [3.05, 3.63) is 35.4 Å². The second-order valence-corrected chi connectivity index (χ2v) is 5.52. The highest BCUT2D eigenvalue weighted by Gasteiger charge is 2.26. The smallest absolute Gasteiger partial charge is 0.0842 e. The first-order valence-electron chi connectivity index (χ1n) is 7.52. The Morgan fingerprint density at radius 3 is 2.11 bits per heavy atom. The van der Waals surface area contributed by atoms with E-state index in [4.69, 9.17) is 0 Å². The molecule has 1 rings (SSSR count). The van der Waals surface area contributed by atoms with Crippen LogP contribution in [0.2, 0.25) is 0 Å². The molecule has 19 heavy (non-hydrogen) atoms. The van der Waals surface area contributed by atoms with Crippen LogP contribution in [-0.4, -0.2) is 16.3 Å². The fourth-order valence-electron chi connectivity index (χ4n) is 2.53. The monoisotopic (exact) mass is 264 g/mol. The highest BCUT2D eigenvalue weighted by atomic mass is 16.3. The second-order valence-electron chi connectivity index (χ2n) is 5.52. The molecule has 2 nitrogen and oxygen atoms in total. The molecule has 3 atom stereocenters. The van der Waals surface area contributed by atoms with Gasteiger partial charge in [0, 0.05) is 5.92 Å². The molecule has 1 aromatic carbocycles. The van der Waals surface area contributed by atoms with Gasteiger partial charge < -0.3 is 10.2 Å². The van der Waals surface area contributed by atoms with Gasteiger partial charge in [0.05, 0.1) is 12.2 Å². The van der Waals surface area contributed by atoms with E-state index in [1.54, 1.807) is 0 Å². The SMILES string of the molecule is CCCC[C@@H](O)[C@H](CCC)[C@H](O)c1ccc(C)cc1. The molecule has 0 amide bonds. The third-order valence-corrected chi connectivity index (χ3v) is 3.79. The predicted octanol–water partition coefficient (Wildman–Crippen LogP) is 4.00. The minimum absolute atomic E-state index is 0.0562. The first-order chi connectivity index (χ1) is 9.10. The summed E-state index contributed by atoms with van der Waals surface area (Å²) in [4.78, 5) is 0. The van der Waals surface area contributed by atoms with Crippen LogP contribution in [0.1, 0.15) is 63.2 Å². The molecule has 2 N–H and O–H groups in total. The van der Waals surface area contributed by atoms with E-state index in [9.17, 15) is 10.2 Å². The lowest BCUT2D eigenvalue weighted by Crippen LogP contribution is -2.26. The molecule has 2 heteroatoms. The first-order valence-corrected chi connectivity index (χ1v) is 7.52. The van der Waals surface area contributed by atoms with Gasteiger partial charge in [0.15, 0.2) is 0 Å². The first kappa shape index (κ1) is 16.2. The average molecular weight is 264 g/mol. The Morgan fingerprint density at radius 2 is 1.58 bits per heavy atom. The zero-order valence-electron chi connectivity index (χ0n) is 12.5. The quantitative estimate of drug-likeness (QED) is 0.745. The zero-order chi connectivity index (χ0) is 14.3. The van der Waals surface area contributed by atoms with Crippen LogP contribution in [0.15, 0.2) is 24.3 Å². The number of benzene rings is 1. The lowest BCUT2D eigenvalue weighted by Gasteiger charge is -2.28. The maximum Gasteiger partial charge on any atom is 0.0842 e. The lowest BCUT2D eigenvalue weighted by molar-refractivity contribution is 0.00134. The Labute approximate surface area is 117 Å². The molecule has 0 aliphatic heterocycles. The molecule has 1 aromatic rings. The summed E-state index contributed by atoms with van der Waals surface area (Å²) in [6.07, 6.45) is 3.75. The van der Waals surface area contributed by atoms with Gasteiger partial charge in [-0.15, -0.1) is 0 Å². The van der Waals surface area contributed by atoms with Crippen LogP contribution in [0, 0.1) is 12.8 Å². The second kappa shape index (κ2) is 8.34. The van der Waals surface area contributed by atoms with Crippen LogP contribution in [0.3, 0.4) is 0 Å². The van der Waals surface area contributed by atoms with Crippen molar-refractivity contribution in [1.82, 2.24) is 0 Å². The molecule has 108 valence electrons. The van der Waals surface area contributed by atoms with E-state index >= 15 is 0 Å². The largest absolute Gasteiger partial charge is 0.393 e. The summed E-state index contributed by atoms with van der Waals surface area (Å²) in [7, 11) is 0. The summed E-state index contributed by atoms with van der Waals surface area (Å²) >= 11 is 0. The fourth-order valence-corrected chi connectivity index (χ4v) is 2.53. The average Bonchev–Trinajstić information content (AvgIpc) is 2.42. The van der Waals surface area contributed by atoms with Gasteiger partial charge in [-0.25, -0.2) is 0 Å². The number of rotatable bonds is 8. The van der Waals surface area contributed by atoms with Crippen LogP contribution in [0.25, 0.3) is 0 Å². The minimum Gasteiger partial charge on any atom is -0.393 e. The molecule has 0 aromatic heterocycles. The molecule has 0 spiro atoms. The lowest BCUT2D eigenvalue weighted by atomic mass is 9.85. The molecule has 0 saturated carbocycles. The highest BCUT2D eigenvalue weighted by Crippen LogP contribution is 2.30. The molecule has 0 aliphatic carbocycles. The van der Waals surface area contributed by atoms with Crippen molar-refractivity contribution in [2.24, 2.45) is 5.92 Å². The topological polar surface area (TPSA) is 40.5 Å². The third-order valence-electron chi connectivity index (χ3n) is 3.79. The number of aliphatic hydroxyl groups is 2. The van der Waals surface area contributed by atoms with E-state index in [1.807, 2.05) is 31.2 Å². The number of hydrogen-bond acceptors (Lipinski definition) is 2. The van der Waals surface area contributed by atoms with Gasteiger partial charge in [-0.2, -0.15) is 0 Å². The van der Waals surface area contributed by atoms with E-state index in [-0.39, 0.29) is 5.92 Å². The molecule has 0 unspecified atom stereocenters. The third kappa shape index (κ3) is 4.96. The standard InChI is InChI=1S/C17H28O2/c1-4-6-8-16(18)15(7-5-2)17(19)14-11-9-13(3)10-12-14/h9-12,15-19H,4-8H2,1-3H3/t15-,16+,17+/m0/s1. The van der Waals surface area contributed by atoms with Gasteiger partial charge in [0.1, 0.15) is 0 Å². The number of hydrogen-bond donors (Lipinski definition) is 2. The molecule has 0 radical (unpaired) electrons. The van der Waals surface area contributed by atoms with Crippen molar-refractivity contribution in [2.75, 3.05) is 0 Å². The Hall–Kier alpha value is -0.860. The van der Waals surface area contributed by atoms with Crippen molar-refractivity contribution in [3.63, 3.8) is 0 Å². The van der Waals surface area contributed by atoms with Crippen molar-refractivity contribution in [2.45, 2.75) is 65.1 Å². The van der Waals surface area contributed by atoms with Crippen molar-refractivity contribution in [3.8, 4) is 0 Å². The Balaban J connectivity index is 2.76. The van der Waals surface area contributed by atoms with Crippen molar-refractivity contribution in [1.29, 1.82) is 0 Å². The summed E-state index contributed by atoms with van der Waals surface area (Å²) in [5.41, 5.74) is 2.11. The number of unbranched alkanes of at least 4 members (excludes halogenated alkanes) is 1. The van der Waals surface area contributed by atoms with Gasteiger partial charge in [0.2, 0.25) is 0 Å². The van der Waals surface area contributed by atoms with Crippen LogP contribution in [0.4, 0.5) is 0 Å². The molecule has 0 bridgehead atoms. The fraction of sp³-hybridized carbons (Fsp3) is 0.647. The van der Waals surface area contributed by atoms with Gasteiger partial charge in [-0.05, 0) is 25.3 Å². The normalized spacial score (nSPS) is 16.1. The van der Waals surface area contributed by atoms with Crippen LogP contribution in [-0.2, 0) is 0 Å². The van der Waals surface area contributed by atoms with E-state index in [1.165, 1.54) is 5.56 Å². The maximum absolute atomic E-state index is 10.5. The minimum atomic E-state index is -0.563. The summed E-state index contributed by atoms with van der Waals surface area (Å²) < 4.78 is 0. The van der Waals surface area contributed by atoms with Gasteiger partial charge in [-0.1, -0.05) is 62.9 Å². The summed E-state index contributed by atoms with van der Waals surface area (Å²) in [6.45, 7) is 6.26. The van der Waals surface area contributed by atoms with E-state index in [0.29, 0.717) is 0 Å². The molecular weight excluding hydrogens is 236 g/mol. The Kier molecular flexibility index (Phi) is 7.11. The van der Waals surface area contributed by atoms with Crippen LogP contribution >= 0.6 is 0 Å². The molecule has 0 fully saturated rings. The predicted molar refractivity (Wildman–Crippen MR) is 80.1 cm³/mol.